The molecule has 0 saturated carbocycles. The van der Waals surface area contributed by atoms with Gasteiger partial charge in [-0.25, -0.2) is 4.39 Å². The van der Waals surface area contributed by atoms with Crippen LogP contribution < -0.4 is 10.1 Å². The van der Waals surface area contributed by atoms with Crippen LogP contribution in [0.4, 0.5) is 4.39 Å². The topological polar surface area (TPSA) is 41.6 Å². The first-order valence-electron chi connectivity index (χ1n) is 6.38. The molecule has 0 fully saturated rings. The van der Waals surface area contributed by atoms with Crippen molar-refractivity contribution in [2.45, 2.75) is 12.8 Å². The number of rotatable bonds is 8. The summed E-state index contributed by atoms with van der Waals surface area (Å²) in [6.07, 6.45) is 0.962. The smallest absolute Gasteiger partial charge is 0.220 e. The van der Waals surface area contributed by atoms with E-state index in [0.29, 0.717) is 26.0 Å². The van der Waals surface area contributed by atoms with E-state index < -0.39 is 0 Å². The highest BCUT2D eigenvalue weighted by Crippen LogP contribution is 2.15. The van der Waals surface area contributed by atoms with Gasteiger partial charge < -0.3 is 15.0 Å². The predicted octanol–water partition coefficient (Wildman–Crippen LogP) is 1.66. The Labute approximate surface area is 113 Å². The zero-order valence-corrected chi connectivity index (χ0v) is 11.5. The molecular weight excluding hydrogens is 247 g/mol. The van der Waals surface area contributed by atoms with Crippen molar-refractivity contribution >= 4 is 5.91 Å². The summed E-state index contributed by atoms with van der Waals surface area (Å²) in [7, 11) is 3.91. The van der Waals surface area contributed by atoms with E-state index in [2.05, 4.69) is 5.32 Å². The maximum atomic E-state index is 13.2. The number of carbonyl (C=O) groups excluding carboxylic acids is 1. The number of benzene rings is 1. The van der Waals surface area contributed by atoms with Crippen LogP contribution in [0.5, 0.6) is 5.75 Å². The zero-order chi connectivity index (χ0) is 14.1. The molecule has 0 aliphatic carbocycles. The zero-order valence-electron chi connectivity index (χ0n) is 11.5. The average molecular weight is 268 g/mol. The molecule has 0 aromatic heterocycles. The maximum absolute atomic E-state index is 13.2. The van der Waals surface area contributed by atoms with Gasteiger partial charge in [0.1, 0.15) is 0 Å². The highest BCUT2D eigenvalue weighted by atomic mass is 19.1. The molecule has 1 aromatic rings. The first-order valence-corrected chi connectivity index (χ1v) is 6.38. The second-order valence-corrected chi connectivity index (χ2v) is 4.54. The Morgan fingerprint density at radius 1 is 1.37 bits per heavy atom. The van der Waals surface area contributed by atoms with E-state index >= 15 is 0 Å². The van der Waals surface area contributed by atoms with E-state index in [9.17, 15) is 9.18 Å². The number of likely N-dealkylation sites (N-methyl/N-ethyl adjacent to an activating group) is 1. The van der Waals surface area contributed by atoms with E-state index in [0.717, 1.165) is 6.54 Å². The number of halogens is 1. The van der Waals surface area contributed by atoms with Gasteiger partial charge in [-0.15, -0.1) is 0 Å². The Hall–Kier alpha value is -1.62. The third kappa shape index (κ3) is 6.76. The fourth-order valence-electron chi connectivity index (χ4n) is 1.48. The lowest BCUT2D eigenvalue weighted by atomic mass is 10.3. The summed E-state index contributed by atoms with van der Waals surface area (Å²) < 4.78 is 18.5. The van der Waals surface area contributed by atoms with Crippen LogP contribution in [0, 0.1) is 5.82 Å². The largest absolute Gasteiger partial charge is 0.491 e. The molecule has 0 spiro atoms. The molecule has 1 rings (SSSR count). The van der Waals surface area contributed by atoms with Crippen molar-refractivity contribution in [3.05, 3.63) is 30.1 Å². The van der Waals surface area contributed by atoms with Gasteiger partial charge in [0.05, 0.1) is 6.61 Å². The summed E-state index contributed by atoms with van der Waals surface area (Å²) in [6.45, 7) is 1.79. The first kappa shape index (κ1) is 15.4. The lowest BCUT2D eigenvalue weighted by Gasteiger charge is -2.10. The van der Waals surface area contributed by atoms with Crippen LogP contribution in [-0.4, -0.2) is 44.6 Å². The highest BCUT2D eigenvalue weighted by Gasteiger charge is 2.03. The van der Waals surface area contributed by atoms with Crippen LogP contribution in [0.1, 0.15) is 12.8 Å². The molecule has 0 bridgehead atoms. The number of para-hydroxylation sites is 1. The fourth-order valence-corrected chi connectivity index (χ4v) is 1.48. The third-order valence-electron chi connectivity index (χ3n) is 2.52. The molecule has 1 aromatic carbocycles. The van der Waals surface area contributed by atoms with Gasteiger partial charge in [0, 0.05) is 19.5 Å². The van der Waals surface area contributed by atoms with Crippen molar-refractivity contribution in [3.8, 4) is 5.75 Å². The van der Waals surface area contributed by atoms with Crippen LogP contribution >= 0.6 is 0 Å². The summed E-state index contributed by atoms with van der Waals surface area (Å²) in [4.78, 5) is 13.4. The van der Waals surface area contributed by atoms with Gasteiger partial charge in [0.2, 0.25) is 5.91 Å². The molecule has 0 unspecified atom stereocenters. The highest BCUT2D eigenvalue weighted by molar-refractivity contribution is 5.75. The second kappa shape index (κ2) is 8.48. The standard InChI is InChI=1S/C14H21FN2O2/c1-17(2)10-9-16-14(18)8-5-11-19-13-7-4-3-6-12(13)15/h3-4,6-7H,5,8-11H2,1-2H3,(H,16,18). The van der Waals surface area contributed by atoms with Gasteiger partial charge in [0.15, 0.2) is 11.6 Å². The molecule has 0 radical (unpaired) electrons. The van der Waals surface area contributed by atoms with E-state index in [1.54, 1.807) is 18.2 Å². The van der Waals surface area contributed by atoms with Crippen molar-refractivity contribution in [2.24, 2.45) is 0 Å². The second-order valence-electron chi connectivity index (χ2n) is 4.54. The van der Waals surface area contributed by atoms with Crippen LogP contribution in [0.25, 0.3) is 0 Å². The minimum absolute atomic E-state index is 0.000941. The Kier molecular flexibility index (Phi) is 6.89. The Bertz CT molecular complexity index is 397. The SMILES string of the molecule is CN(C)CCNC(=O)CCCOc1ccccc1F. The normalized spacial score (nSPS) is 10.5. The first-order chi connectivity index (χ1) is 9.09. The summed E-state index contributed by atoms with van der Waals surface area (Å²) in [5, 5.41) is 2.81. The third-order valence-corrected chi connectivity index (χ3v) is 2.52. The van der Waals surface area contributed by atoms with Crippen LogP contribution in [0.3, 0.4) is 0 Å². The molecule has 0 saturated heterocycles. The Balaban J connectivity index is 2.10. The van der Waals surface area contributed by atoms with Crippen molar-refractivity contribution in [1.29, 1.82) is 0 Å². The summed E-state index contributed by atoms with van der Waals surface area (Å²) in [5.41, 5.74) is 0. The van der Waals surface area contributed by atoms with E-state index in [-0.39, 0.29) is 17.5 Å². The number of amides is 1. The molecule has 0 aliphatic rings. The van der Waals surface area contributed by atoms with Crippen molar-refractivity contribution < 1.29 is 13.9 Å². The van der Waals surface area contributed by atoms with Crippen LogP contribution in [-0.2, 0) is 4.79 Å². The summed E-state index contributed by atoms with van der Waals surface area (Å²) in [6, 6.07) is 6.25. The molecule has 19 heavy (non-hydrogen) atoms. The lowest BCUT2D eigenvalue weighted by molar-refractivity contribution is -0.121. The van der Waals surface area contributed by atoms with E-state index in [4.69, 9.17) is 4.74 Å². The van der Waals surface area contributed by atoms with Gasteiger partial charge in [-0.05, 0) is 32.6 Å². The van der Waals surface area contributed by atoms with Gasteiger partial charge in [-0.1, -0.05) is 12.1 Å². The van der Waals surface area contributed by atoms with Crippen molar-refractivity contribution in [1.82, 2.24) is 10.2 Å². The van der Waals surface area contributed by atoms with Crippen LogP contribution in [0.15, 0.2) is 24.3 Å². The number of carbonyl (C=O) groups is 1. The van der Waals surface area contributed by atoms with Gasteiger partial charge in [-0.3, -0.25) is 4.79 Å². The fraction of sp³-hybridized carbons (Fsp3) is 0.500. The molecule has 0 aliphatic heterocycles. The van der Waals surface area contributed by atoms with Gasteiger partial charge >= 0.3 is 0 Å². The Morgan fingerprint density at radius 2 is 2.11 bits per heavy atom. The molecule has 106 valence electrons. The number of ether oxygens (including phenoxy) is 1. The van der Waals surface area contributed by atoms with Crippen LogP contribution in [0.2, 0.25) is 0 Å². The molecule has 4 nitrogen and oxygen atoms in total. The molecule has 1 N–H and O–H groups in total. The lowest BCUT2D eigenvalue weighted by Crippen LogP contribution is -2.31. The van der Waals surface area contributed by atoms with Crippen molar-refractivity contribution in [3.63, 3.8) is 0 Å². The molecule has 5 heteroatoms. The summed E-state index contributed by atoms with van der Waals surface area (Å²) >= 11 is 0. The molecule has 1 amide bonds. The van der Waals surface area contributed by atoms with Gasteiger partial charge in [-0.2, -0.15) is 0 Å². The quantitative estimate of drug-likeness (QED) is 0.729. The molecule has 0 heterocycles. The molecular formula is C14H21FN2O2. The number of nitrogens with one attached hydrogen (secondary N) is 1. The monoisotopic (exact) mass is 268 g/mol. The minimum Gasteiger partial charge on any atom is -0.491 e. The Morgan fingerprint density at radius 3 is 2.79 bits per heavy atom. The number of nitrogens with zero attached hydrogens (tertiary/aromatic N) is 1. The maximum Gasteiger partial charge on any atom is 0.220 e. The van der Waals surface area contributed by atoms with Gasteiger partial charge in [0.25, 0.3) is 0 Å². The average Bonchev–Trinajstić information content (AvgIpc) is 2.36. The van der Waals surface area contributed by atoms with E-state index in [1.165, 1.54) is 6.07 Å². The predicted molar refractivity (Wildman–Crippen MR) is 72.7 cm³/mol. The number of hydrogen-bond donors (Lipinski definition) is 1. The van der Waals surface area contributed by atoms with Crippen molar-refractivity contribution in [2.75, 3.05) is 33.8 Å². The minimum atomic E-state index is -0.377. The van der Waals surface area contributed by atoms with E-state index in [1.807, 2.05) is 19.0 Å². The molecule has 0 atom stereocenters. The number of hydrogen-bond acceptors (Lipinski definition) is 3. The summed E-state index contributed by atoms with van der Waals surface area (Å²) in [5.74, 6) is -0.146.